The molecule has 0 aromatic carbocycles. The lowest BCUT2D eigenvalue weighted by Crippen LogP contribution is -2.38. The van der Waals surface area contributed by atoms with Crippen molar-refractivity contribution in [2.45, 2.75) is 50.3 Å². The van der Waals surface area contributed by atoms with Gasteiger partial charge in [-0.05, 0) is 0 Å². The van der Waals surface area contributed by atoms with Gasteiger partial charge in [-0.25, -0.2) is 14.8 Å². The van der Waals surface area contributed by atoms with E-state index in [4.69, 9.17) is 4.42 Å². The van der Waals surface area contributed by atoms with Gasteiger partial charge in [0, 0.05) is 25.9 Å². The van der Waals surface area contributed by atoms with Gasteiger partial charge in [0.2, 0.25) is 11.8 Å². The monoisotopic (exact) mass is 390 g/mol. The number of hydrogen-bond donors (Lipinski definition) is 0. The molecule has 0 amide bonds. The summed E-state index contributed by atoms with van der Waals surface area (Å²) in [5, 5.41) is 8.77. The normalized spacial score (nSPS) is 12.1. The van der Waals surface area contributed by atoms with Gasteiger partial charge < -0.3 is 4.42 Å². The zero-order valence-corrected chi connectivity index (χ0v) is 17.0. The van der Waals surface area contributed by atoms with Gasteiger partial charge in [-0.15, -0.1) is 10.2 Å². The molecule has 3 heterocycles. The van der Waals surface area contributed by atoms with E-state index in [1.165, 1.54) is 23.4 Å². The van der Waals surface area contributed by atoms with Crippen molar-refractivity contribution in [1.29, 1.82) is 0 Å². The zero-order valence-electron chi connectivity index (χ0n) is 16.2. The SMILES string of the molecule is CCc1nnc(CSc2nc(C(C)(C)C)nc3c2c(=O)n(C)c(=O)n3C)o1. The smallest absolute Gasteiger partial charge is 0.332 e. The van der Waals surface area contributed by atoms with Crippen molar-refractivity contribution in [2.24, 2.45) is 14.1 Å². The van der Waals surface area contributed by atoms with Crippen LogP contribution < -0.4 is 11.2 Å². The molecule has 0 atom stereocenters. The van der Waals surface area contributed by atoms with Crippen molar-refractivity contribution >= 4 is 22.8 Å². The van der Waals surface area contributed by atoms with Gasteiger partial charge in [-0.2, -0.15) is 0 Å². The third-order valence-corrected chi connectivity index (χ3v) is 5.04. The molecule has 0 aliphatic rings. The summed E-state index contributed by atoms with van der Waals surface area (Å²) >= 11 is 1.32. The minimum absolute atomic E-state index is 0.313. The summed E-state index contributed by atoms with van der Waals surface area (Å²) in [4.78, 5) is 34.2. The third-order valence-electron chi connectivity index (χ3n) is 4.08. The fourth-order valence-electron chi connectivity index (χ4n) is 2.49. The highest BCUT2D eigenvalue weighted by Crippen LogP contribution is 2.28. The van der Waals surface area contributed by atoms with E-state index in [1.807, 2.05) is 27.7 Å². The Balaban J connectivity index is 2.19. The van der Waals surface area contributed by atoms with Crippen molar-refractivity contribution < 1.29 is 4.42 Å². The highest BCUT2D eigenvalue weighted by Gasteiger charge is 2.24. The van der Waals surface area contributed by atoms with Gasteiger partial charge in [0.05, 0.1) is 5.75 Å². The minimum atomic E-state index is -0.425. The average molecular weight is 390 g/mol. The van der Waals surface area contributed by atoms with E-state index >= 15 is 0 Å². The van der Waals surface area contributed by atoms with Crippen LogP contribution in [0, 0.1) is 0 Å². The number of nitrogens with zero attached hydrogens (tertiary/aromatic N) is 6. The fraction of sp³-hybridized carbons (Fsp3) is 0.529. The first-order valence-electron chi connectivity index (χ1n) is 8.55. The molecule has 3 rings (SSSR count). The van der Waals surface area contributed by atoms with Crippen LogP contribution in [-0.4, -0.2) is 29.3 Å². The van der Waals surface area contributed by atoms with Crippen LogP contribution in [-0.2, 0) is 31.7 Å². The Bertz CT molecular complexity index is 1120. The van der Waals surface area contributed by atoms with E-state index < -0.39 is 11.2 Å². The first kappa shape index (κ1) is 19.3. The Kier molecular flexibility index (Phi) is 4.94. The summed E-state index contributed by atoms with van der Waals surface area (Å²) in [6.07, 6.45) is 0.658. The van der Waals surface area contributed by atoms with E-state index in [1.54, 1.807) is 7.05 Å². The van der Waals surface area contributed by atoms with Crippen LogP contribution in [0.15, 0.2) is 19.0 Å². The molecule has 0 unspecified atom stereocenters. The Morgan fingerprint density at radius 2 is 1.70 bits per heavy atom. The first-order valence-corrected chi connectivity index (χ1v) is 9.54. The molecular formula is C17H22N6O3S. The van der Waals surface area contributed by atoms with Gasteiger partial charge >= 0.3 is 5.69 Å². The number of aryl methyl sites for hydroxylation is 2. The molecule has 3 aromatic rings. The van der Waals surface area contributed by atoms with E-state index in [-0.39, 0.29) is 5.41 Å². The second-order valence-corrected chi connectivity index (χ2v) is 8.20. The highest BCUT2D eigenvalue weighted by atomic mass is 32.2. The van der Waals surface area contributed by atoms with E-state index in [2.05, 4.69) is 20.2 Å². The minimum Gasteiger partial charge on any atom is -0.424 e. The van der Waals surface area contributed by atoms with Crippen molar-refractivity contribution in [3.8, 4) is 0 Å². The second-order valence-electron chi connectivity index (χ2n) is 7.24. The topological polar surface area (TPSA) is 109 Å². The second kappa shape index (κ2) is 6.91. The fourth-order valence-corrected chi connectivity index (χ4v) is 3.34. The van der Waals surface area contributed by atoms with Crippen LogP contribution in [0.3, 0.4) is 0 Å². The number of thioether (sulfide) groups is 1. The van der Waals surface area contributed by atoms with Gasteiger partial charge in [-0.3, -0.25) is 13.9 Å². The predicted octanol–water partition coefficient (Wildman–Crippen LogP) is 1.56. The molecule has 0 saturated heterocycles. The third kappa shape index (κ3) is 3.53. The average Bonchev–Trinajstić information content (AvgIpc) is 3.09. The lowest BCUT2D eigenvalue weighted by molar-refractivity contribution is 0.470. The standard InChI is InChI=1S/C17H22N6O3S/c1-7-9-20-21-10(26-9)8-27-13-11-12(18-15(19-13)17(2,3)4)22(5)16(25)23(6)14(11)24/h7-8H2,1-6H3. The van der Waals surface area contributed by atoms with Crippen LogP contribution in [0.25, 0.3) is 11.0 Å². The van der Waals surface area contributed by atoms with Crippen molar-refractivity contribution in [2.75, 3.05) is 0 Å². The lowest BCUT2D eigenvalue weighted by atomic mass is 9.96. The maximum absolute atomic E-state index is 12.7. The molecule has 0 spiro atoms. The molecule has 10 heteroatoms. The van der Waals surface area contributed by atoms with Crippen LogP contribution in [0.2, 0.25) is 0 Å². The summed E-state index contributed by atoms with van der Waals surface area (Å²) in [6, 6.07) is 0. The number of hydrogen-bond acceptors (Lipinski definition) is 8. The van der Waals surface area contributed by atoms with Crippen molar-refractivity contribution in [3.05, 3.63) is 38.4 Å². The molecule has 0 saturated carbocycles. The van der Waals surface area contributed by atoms with Crippen LogP contribution in [0.5, 0.6) is 0 Å². The number of aromatic nitrogens is 6. The maximum Gasteiger partial charge on any atom is 0.332 e. The van der Waals surface area contributed by atoms with Gasteiger partial charge in [0.25, 0.3) is 5.56 Å². The molecule has 9 nitrogen and oxygen atoms in total. The predicted molar refractivity (Wildman–Crippen MR) is 102 cm³/mol. The van der Waals surface area contributed by atoms with E-state index in [0.29, 0.717) is 45.8 Å². The summed E-state index contributed by atoms with van der Waals surface area (Å²) in [7, 11) is 3.05. The molecular weight excluding hydrogens is 368 g/mol. The molecule has 0 aliphatic heterocycles. The summed E-state index contributed by atoms with van der Waals surface area (Å²) in [5.74, 6) is 1.95. The van der Waals surface area contributed by atoms with Crippen LogP contribution >= 0.6 is 11.8 Å². The van der Waals surface area contributed by atoms with Gasteiger partial charge in [0.15, 0.2) is 5.65 Å². The maximum atomic E-state index is 12.7. The van der Waals surface area contributed by atoms with Crippen molar-refractivity contribution in [3.63, 3.8) is 0 Å². The molecule has 144 valence electrons. The molecule has 0 N–H and O–H groups in total. The highest BCUT2D eigenvalue weighted by molar-refractivity contribution is 7.98. The largest absolute Gasteiger partial charge is 0.424 e. The van der Waals surface area contributed by atoms with E-state index in [9.17, 15) is 9.59 Å². The molecule has 0 aliphatic carbocycles. The van der Waals surface area contributed by atoms with Crippen LogP contribution in [0.4, 0.5) is 0 Å². The van der Waals surface area contributed by atoms with Gasteiger partial charge in [0.1, 0.15) is 16.2 Å². The van der Waals surface area contributed by atoms with Gasteiger partial charge in [-0.1, -0.05) is 39.5 Å². The molecule has 0 fully saturated rings. The summed E-state index contributed by atoms with van der Waals surface area (Å²) < 4.78 is 7.97. The number of rotatable bonds is 4. The Morgan fingerprint density at radius 1 is 1.04 bits per heavy atom. The summed E-state index contributed by atoms with van der Waals surface area (Å²) in [5.41, 5.74) is -0.867. The Hall–Kier alpha value is -2.49. The number of fused-ring (bicyclic) bond motifs is 1. The Labute approximate surface area is 159 Å². The van der Waals surface area contributed by atoms with E-state index in [0.717, 1.165) is 4.57 Å². The first-order chi connectivity index (χ1) is 12.6. The molecule has 27 heavy (non-hydrogen) atoms. The summed E-state index contributed by atoms with van der Waals surface area (Å²) in [6.45, 7) is 7.87. The molecule has 0 bridgehead atoms. The quantitative estimate of drug-likeness (QED) is 0.488. The lowest BCUT2D eigenvalue weighted by Gasteiger charge is -2.19. The van der Waals surface area contributed by atoms with Crippen molar-refractivity contribution in [1.82, 2.24) is 29.3 Å². The molecule has 0 radical (unpaired) electrons. The Morgan fingerprint density at radius 3 is 2.30 bits per heavy atom. The van der Waals surface area contributed by atoms with Crippen LogP contribution in [0.1, 0.15) is 45.3 Å². The zero-order chi connectivity index (χ0) is 19.9. The molecule has 3 aromatic heterocycles.